The summed E-state index contributed by atoms with van der Waals surface area (Å²) in [6.45, 7) is 6.33. The van der Waals surface area contributed by atoms with Crippen LogP contribution in [0.3, 0.4) is 0 Å². The summed E-state index contributed by atoms with van der Waals surface area (Å²) >= 11 is 0. The van der Waals surface area contributed by atoms with Crippen LogP contribution in [0.15, 0.2) is 202 Å². The Morgan fingerprint density at radius 1 is 0.400 bits per heavy atom. The van der Waals surface area contributed by atoms with Gasteiger partial charge in [0.2, 0.25) is 0 Å². The normalized spacial score (nSPS) is 22.9. The van der Waals surface area contributed by atoms with Crippen molar-refractivity contribution in [1.29, 1.82) is 0 Å². The lowest BCUT2D eigenvalue weighted by Gasteiger charge is -2.21. The van der Waals surface area contributed by atoms with Crippen LogP contribution in [0.25, 0.3) is 51.7 Å². The lowest BCUT2D eigenvalue weighted by atomic mass is 10.1. The monoisotopic (exact) mass is 1780 g/mol. The smallest absolute Gasteiger partial charge is 0.342 e. The van der Waals surface area contributed by atoms with Crippen LogP contribution in [0.5, 0.6) is 23.0 Å². The van der Waals surface area contributed by atoms with Gasteiger partial charge in [0.1, 0.15) is 145 Å². The van der Waals surface area contributed by atoms with Crippen LogP contribution in [-0.2, 0) is 42.6 Å². The summed E-state index contributed by atoms with van der Waals surface area (Å²) in [4.78, 5) is 110. The highest BCUT2D eigenvalue weighted by atomic mass is 19.1. The number of urea groups is 3. The zero-order chi connectivity index (χ0) is 90.5. The number of carbonyl (C=O) groups is 6. The number of methoxy groups -OCH3 is 1. The highest BCUT2D eigenvalue weighted by Gasteiger charge is 2.57. The molecule has 0 spiro atoms. The van der Waals surface area contributed by atoms with Gasteiger partial charge in [-0.15, -0.1) is 0 Å². The van der Waals surface area contributed by atoms with Gasteiger partial charge in [-0.25, -0.2) is 82.4 Å². The van der Waals surface area contributed by atoms with Gasteiger partial charge in [-0.1, -0.05) is 115 Å². The van der Waals surface area contributed by atoms with Gasteiger partial charge in [0.05, 0.1) is 26.1 Å². The highest BCUT2D eigenvalue weighted by molar-refractivity contribution is 5.98. The van der Waals surface area contributed by atoms with Crippen LogP contribution in [0.2, 0.25) is 0 Å². The topological polar surface area (TPSA) is 486 Å². The van der Waals surface area contributed by atoms with Crippen molar-refractivity contribution >= 4 is 105 Å². The number of nitrogens with zero attached hydrogens (tertiary/aromatic N) is 12. The van der Waals surface area contributed by atoms with E-state index in [1.54, 1.807) is 52.7 Å². The van der Waals surface area contributed by atoms with Crippen LogP contribution in [0.1, 0.15) is 87.2 Å². The van der Waals surface area contributed by atoms with E-state index < -0.39 is 146 Å². The molecule has 6 saturated heterocycles. The van der Waals surface area contributed by atoms with E-state index in [2.05, 4.69) is 76.8 Å². The number of rotatable bonds is 28. The van der Waals surface area contributed by atoms with E-state index in [9.17, 15) is 52.9 Å². The summed E-state index contributed by atoms with van der Waals surface area (Å²) in [5.74, 6) is -4.50. The third-order valence-electron chi connectivity index (χ3n) is 20.9. The lowest BCUT2D eigenvalue weighted by Crippen LogP contribution is -2.33. The predicted octanol–water partition coefficient (Wildman–Crippen LogP) is 10.7. The Morgan fingerprint density at radius 2 is 0.777 bits per heavy atom. The van der Waals surface area contributed by atoms with Crippen molar-refractivity contribution in [3.8, 4) is 23.0 Å². The minimum atomic E-state index is -1.45. The van der Waals surface area contributed by atoms with E-state index in [1.807, 2.05) is 115 Å². The molecule has 130 heavy (non-hydrogen) atoms. The molecule has 6 aromatic carbocycles. The first kappa shape index (κ1) is 88.5. The molecule has 13 unspecified atom stereocenters. The molecule has 672 valence electrons. The van der Waals surface area contributed by atoms with Crippen LogP contribution < -0.4 is 50.8 Å². The summed E-state index contributed by atoms with van der Waals surface area (Å²) in [7, 11) is 1.46. The summed E-state index contributed by atoms with van der Waals surface area (Å²) in [5.41, 5.74) is 4.26. The SMILES string of the molecule is CCNC(=O)Nc1ncnc2c1ncn2C1OC(COc2cc(F)ccc2C(=O)O)C2O[C@H](/C=C/c3ccccc3)OC21.CCNC(=O)Nc1ncnc2c1ncn2C1OC(COc2ccc(OC)cc2C(=O)O)C2O[C@H](/C=C/c3ccccc3)OC21.CCNC(=O)Nc1ncnc2c1ncn2C1OC(COc2cccc(F)c2C(=O)O)C2OC(/C=C/c3ccccc3)OC21. The molecule has 12 heterocycles. The van der Waals surface area contributed by atoms with E-state index in [0.717, 1.165) is 41.0 Å². The van der Waals surface area contributed by atoms with Crippen molar-refractivity contribution < 1.29 is 114 Å². The fraction of sp³-hybridized carbons (Fsp3) is 0.284. The van der Waals surface area contributed by atoms with E-state index in [0.29, 0.717) is 58.9 Å². The number of ether oxygens (including phenoxy) is 13. The molecule has 6 fully saturated rings. The Kier molecular flexibility index (Phi) is 27.5. The maximum absolute atomic E-state index is 14.2. The van der Waals surface area contributed by atoms with Gasteiger partial charge < -0.3 is 92.8 Å². The number of carboxylic acids is 3. The van der Waals surface area contributed by atoms with Gasteiger partial charge in [0.25, 0.3) is 0 Å². The van der Waals surface area contributed by atoms with Crippen LogP contribution >= 0.6 is 0 Å². The standard InChI is InChI=1S/C30H30N6O8.2C29H27FN6O7/c1-3-31-30(39)35-26-23-27(33-15-32-26)36(16-34-23)28-25-24(43-22(44-25)12-9-17-7-5-4-6-8-17)21(42-28)14-41-20-11-10-18(40-2)13-19(20)29(37)38;1-2-31-29(39)35-25-22-26(33-14-32-25)36(15-34-22)27-24-23(42-20(43-24)12-11-16-7-4-3-5-8-16)19(41-27)13-40-18-10-6-9-17(30)21(18)28(37)38;1-2-31-29(39)35-25-22-26(33-14-32-25)36(15-34-22)27-24-23(42-21(43-24)11-8-16-6-4-3-5-7-16)20(41-27)13-40-19-12-17(30)9-10-18(19)28(37)38/h4-13,15-16,21-22,24-25,28H,3,14H2,1-2H3,(H,37,38)(H2,31,32,33,35,39);3-12,14-15,19-20,23-24,27H,2,13H2,1H3,(H,37,38)(H2,31,32,33,35,39);3-12,14-15,20-21,23-24,27H,2,13H2,1H3,(H,37,38)(H2,31,32,33,35,39)/b12-9+;12-11+;11-8+/t21?,22-,24?,25?,28?;;20?,21-,23?,24?,27?/m0.0/s1. The predicted molar refractivity (Wildman–Crippen MR) is 456 cm³/mol. The number of nitrogens with one attached hydrogen (secondary N) is 6. The molecule has 0 aliphatic carbocycles. The fourth-order valence-electron chi connectivity index (χ4n) is 15.1. The van der Waals surface area contributed by atoms with Gasteiger partial charge in [0.15, 0.2) is 88.5 Å². The van der Waals surface area contributed by atoms with Crippen molar-refractivity contribution in [1.82, 2.24) is 74.5 Å². The molecule has 9 N–H and O–H groups in total. The van der Waals surface area contributed by atoms with Crippen molar-refractivity contribution in [2.24, 2.45) is 0 Å². The van der Waals surface area contributed by atoms with Gasteiger partial charge in [-0.2, -0.15) is 0 Å². The third-order valence-corrected chi connectivity index (χ3v) is 20.9. The minimum Gasteiger partial charge on any atom is -0.497 e. The third kappa shape index (κ3) is 19.9. The maximum Gasteiger partial charge on any atom is 0.342 e. The largest absolute Gasteiger partial charge is 0.497 e. The molecule has 6 aliphatic rings. The van der Waals surface area contributed by atoms with E-state index in [4.69, 9.17) is 61.6 Å². The van der Waals surface area contributed by atoms with Crippen molar-refractivity contribution in [2.75, 3.05) is 62.5 Å². The molecule has 0 saturated carbocycles. The molecule has 12 aromatic rings. The van der Waals surface area contributed by atoms with E-state index in [1.165, 1.54) is 69.3 Å². The van der Waals surface area contributed by atoms with Crippen molar-refractivity contribution in [3.05, 3.63) is 247 Å². The number of carboxylic acid groups (broad SMARTS) is 3. The second-order valence-electron chi connectivity index (χ2n) is 29.3. The zero-order valence-electron chi connectivity index (χ0n) is 69.4. The number of hydrogen-bond acceptors (Lipinski definition) is 28. The molecule has 40 nitrogen and oxygen atoms in total. The lowest BCUT2D eigenvalue weighted by molar-refractivity contribution is -0.131. The summed E-state index contributed by atoms with van der Waals surface area (Å²) in [5, 5.41) is 44.7. The molecule has 6 aliphatic heterocycles. The number of aromatic carboxylic acids is 3. The molecule has 15 atom stereocenters. The minimum absolute atomic E-state index is 0.0334. The molecule has 6 amide bonds. The second-order valence-corrected chi connectivity index (χ2v) is 29.3. The molecule has 6 aromatic heterocycles. The van der Waals surface area contributed by atoms with Crippen molar-refractivity contribution in [2.45, 2.75) is 113 Å². The molecule has 18 rings (SSSR count). The number of halogens is 2. The zero-order valence-corrected chi connectivity index (χ0v) is 69.4. The van der Waals surface area contributed by atoms with Crippen LogP contribution in [0, 0.1) is 11.6 Å². The van der Waals surface area contributed by atoms with Gasteiger partial charge in [-0.05, 0) is 98.2 Å². The number of hydrogen-bond donors (Lipinski definition) is 9. The van der Waals surface area contributed by atoms with Gasteiger partial charge in [-0.3, -0.25) is 29.7 Å². The Bertz CT molecular complexity index is 6000. The average molecular weight is 1780 g/mol. The number of amides is 6. The fourth-order valence-corrected chi connectivity index (χ4v) is 15.1. The summed E-state index contributed by atoms with van der Waals surface area (Å²) in [6, 6.07) is 39.2. The Labute approximate surface area is 736 Å². The first-order valence-corrected chi connectivity index (χ1v) is 40.9. The number of aromatic nitrogens is 12. The van der Waals surface area contributed by atoms with E-state index in [-0.39, 0.29) is 65.6 Å². The Morgan fingerprint density at radius 3 is 1.15 bits per heavy atom. The first-order valence-electron chi connectivity index (χ1n) is 40.9. The van der Waals surface area contributed by atoms with Crippen LogP contribution in [-0.4, -0.2) is 230 Å². The average Bonchev–Trinajstić information content (AvgIpc) is 1.60. The first-order chi connectivity index (χ1) is 63.3. The molecular weight excluding hydrogens is 1700 g/mol. The summed E-state index contributed by atoms with van der Waals surface area (Å²) < 4.78 is 112. The highest BCUT2D eigenvalue weighted by Crippen LogP contribution is 2.46. The number of benzene rings is 6. The maximum atomic E-state index is 14.2. The van der Waals surface area contributed by atoms with E-state index >= 15 is 0 Å². The Balaban J connectivity index is 0.000000143. The van der Waals surface area contributed by atoms with Gasteiger partial charge in [0, 0.05) is 25.7 Å². The number of carbonyl (C=O) groups excluding carboxylic acids is 3. The molecule has 42 heteroatoms. The second kappa shape index (κ2) is 40.4. The number of anilines is 3. The summed E-state index contributed by atoms with van der Waals surface area (Å²) in [6.07, 6.45) is 9.06. The number of imidazole rings is 3. The van der Waals surface area contributed by atoms with Crippen molar-refractivity contribution in [3.63, 3.8) is 0 Å². The van der Waals surface area contributed by atoms with Crippen LogP contribution in [0.4, 0.5) is 40.6 Å². The Hall–Kier alpha value is -14.9. The van der Waals surface area contributed by atoms with Gasteiger partial charge >= 0.3 is 36.0 Å². The molecule has 0 radical (unpaired) electrons. The number of fused-ring (bicyclic) bond motifs is 6. The molecular formula is C88H84F2N18O22. The quantitative estimate of drug-likeness (QED) is 0.0220. The molecule has 0 bridgehead atoms.